The molecule has 0 spiro atoms. The average molecular weight is 185 g/mol. The first-order valence-corrected chi connectivity index (χ1v) is 4.77. The van der Waals surface area contributed by atoms with Crippen molar-refractivity contribution in [3.8, 4) is 0 Å². The number of rotatable bonds is 0. The van der Waals surface area contributed by atoms with Gasteiger partial charge in [0.05, 0.1) is 7.11 Å². The molecule has 1 rings (SSSR count). The number of ether oxygens (including phenoxy) is 1. The summed E-state index contributed by atoms with van der Waals surface area (Å²) in [5.41, 5.74) is 0.228. The molecule has 13 heavy (non-hydrogen) atoms. The van der Waals surface area contributed by atoms with Gasteiger partial charge in [-0.1, -0.05) is 20.8 Å². The summed E-state index contributed by atoms with van der Waals surface area (Å²) < 4.78 is 4.72. The first kappa shape index (κ1) is 10.4. The van der Waals surface area contributed by atoms with Gasteiger partial charge in [0.1, 0.15) is 0 Å². The summed E-state index contributed by atoms with van der Waals surface area (Å²) in [4.78, 5) is 13.1. The van der Waals surface area contributed by atoms with Crippen molar-refractivity contribution < 1.29 is 9.53 Å². The predicted molar refractivity (Wildman–Crippen MR) is 51.5 cm³/mol. The molecule has 1 unspecified atom stereocenters. The lowest BCUT2D eigenvalue weighted by atomic mass is 9.79. The number of hydrogen-bond acceptors (Lipinski definition) is 2. The fraction of sp³-hybridized carbons (Fsp3) is 0.900. The third-order valence-electron chi connectivity index (χ3n) is 2.48. The second-order valence-corrected chi connectivity index (χ2v) is 4.82. The Morgan fingerprint density at radius 2 is 2.15 bits per heavy atom. The normalized spacial score (nSPS) is 27.1. The van der Waals surface area contributed by atoms with Gasteiger partial charge in [-0.3, -0.25) is 0 Å². The lowest BCUT2D eigenvalue weighted by Crippen LogP contribution is -2.46. The Morgan fingerprint density at radius 3 is 2.62 bits per heavy atom. The molecule has 1 amide bonds. The van der Waals surface area contributed by atoms with Gasteiger partial charge < -0.3 is 9.64 Å². The van der Waals surface area contributed by atoms with E-state index in [0.29, 0.717) is 5.92 Å². The standard InChI is InChI=1S/C10H19NO2/c1-8-5-10(2,3)7-11(6-8)9(12)13-4/h8H,5-7H2,1-4H3. The SMILES string of the molecule is COC(=O)N1CC(C)CC(C)(C)C1. The van der Waals surface area contributed by atoms with E-state index in [2.05, 4.69) is 20.8 Å². The number of amides is 1. The van der Waals surface area contributed by atoms with Crippen molar-refractivity contribution in [3.63, 3.8) is 0 Å². The highest BCUT2D eigenvalue weighted by Crippen LogP contribution is 2.31. The third kappa shape index (κ3) is 2.61. The second-order valence-electron chi connectivity index (χ2n) is 4.82. The molecule has 1 fully saturated rings. The highest BCUT2D eigenvalue weighted by molar-refractivity contribution is 5.67. The number of piperidine rings is 1. The molecule has 76 valence electrons. The van der Waals surface area contributed by atoms with Crippen LogP contribution in [0.2, 0.25) is 0 Å². The fourth-order valence-corrected chi connectivity index (χ4v) is 2.30. The zero-order chi connectivity index (χ0) is 10.1. The van der Waals surface area contributed by atoms with Crippen molar-refractivity contribution >= 4 is 6.09 Å². The van der Waals surface area contributed by atoms with E-state index in [1.54, 1.807) is 4.90 Å². The van der Waals surface area contributed by atoms with Gasteiger partial charge in [-0.25, -0.2) is 4.79 Å². The van der Waals surface area contributed by atoms with E-state index in [9.17, 15) is 4.79 Å². The maximum atomic E-state index is 11.3. The van der Waals surface area contributed by atoms with Gasteiger partial charge in [-0.05, 0) is 17.8 Å². The van der Waals surface area contributed by atoms with Crippen LogP contribution in [0.15, 0.2) is 0 Å². The molecule has 1 aliphatic rings. The first-order valence-electron chi connectivity index (χ1n) is 4.77. The fourth-order valence-electron chi connectivity index (χ4n) is 2.30. The summed E-state index contributed by atoms with van der Waals surface area (Å²) in [6.07, 6.45) is 0.986. The lowest BCUT2D eigenvalue weighted by Gasteiger charge is -2.40. The Labute approximate surface area is 80.1 Å². The van der Waals surface area contributed by atoms with Crippen LogP contribution in [0.25, 0.3) is 0 Å². The molecule has 3 nitrogen and oxygen atoms in total. The van der Waals surface area contributed by atoms with E-state index in [1.165, 1.54) is 13.5 Å². The van der Waals surface area contributed by atoms with Crippen molar-refractivity contribution in [1.29, 1.82) is 0 Å². The molecule has 0 aliphatic carbocycles. The molecule has 0 aromatic heterocycles. The zero-order valence-corrected chi connectivity index (χ0v) is 8.96. The molecular formula is C10H19NO2. The molecule has 1 heterocycles. The molecule has 0 aromatic rings. The number of hydrogen-bond donors (Lipinski definition) is 0. The largest absolute Gasteiger partial charge is 0.453 e. The van der Waals surface area contributed by atoms with E-state index in [1.807, 2.05) is 0 Å². The third-order valence-corrected chi connectivity index (χ3v) is 2.48. The van der Waals surface area contributed by atoms with E-state index in [0.717, 1.165) is 13.1 Å². The van der Waals surface area contributed by atoms with Crippen LogP contribution >= 0.6 is 0 Å². The van der Waals surface area contributed by atoms with Gasteiger partial charge in [0.2, 0.25) is 0 Å². The van der Waals surface area contributed by atoms with Gasteiger partial charge in [0.15, 0.2) is 0 Å². The Morgan fingerprint density at radius 1 is 1.54 bits per heavy atom. The van der Waals surface area contributed by atoms with Gasteiger partial charge in [-0.2, -0.15) is 0 Å². The van der Waals surface area contributed by atoms with E-state index >= 15 is 0 Å². The van der Waals surface area contributed by atoms with Crippen LogP contribution in [-0.2, 0) is 4.74 Å². The van der Waals surface area contributed by atoms with Gasteiger partial charge in [0, 0.05) is 13.1 Å². The Balaban J connectivity index is 2.62. The number of methoxy groups -OCH3 is 1. The van der Waals surface area contributed by atoms with Crippen LogP contribution in [0.1, 0.15) is 27.2 Å². The van der Waals surface area contributed by atoms with Gasteiger partial charge >= 0.3 is 6.09 Å². The monoisotopic (exact) mass is 185 g/mol. The van der Waals surface area contributed by atoms with Crippen LogP contribution < -0.4 is 0 Å². The highest BCUT2D eigenvalue weighted by Gasteiger charge is 2.33. The minimum absolute atomic E-state index is 0.195. The minimum atomic E-state index is -0.195. The van der Waals surface area contributed by atoms with Crippen LogP contribution in [0.4, 0.5) is 4.79 Å². The van der Waals surface area contributed by atoms with E-state index in [-0.39, 0.29) is 11.5 Å². The summed E-state index contributed by atoms with van der Waals surface area (Å²) in [5.74, 6) is 0.572. The number of likely N-dealkylation sites (tertiary alicyclic amines) is 1. The molecule has 0 bridgehead atoms. The highest BCUT2D eigenvalue weighted by atomic mass is 16.5. The first-order chi connectivity index (χ1) is 5.94. The molecule has 1 saturated heterocycles. The summed E-state index contributed by atoms with van der Waals surface area (Å²) in [7, 11) is 1.44. The number of carbonyl (C=O) groups excluding carboxylic acids is 1. The molecule has 0 N–H and O–H groups in total. The maximum absolute atomic E-state index is 11.3. The van der Waals surface area contributed by atoms with Gasteiger partial charge in [-0.15, -0.1) is 0 Å². The number of nitrogens with zero attached hydrogens (tertiary/aromatic N) is 1. The molecule has 3 heteroatoms. The Hall–Kier alpha value is -0.730. The quantitative estimate of drug-likeness (QED) is 0.578. The molecule has 1 aliphatic heterocycles. The predicted octanol–water partition coefficient (Wildman–Crippen LogP) is 2.12. The molecule has 1 atom stereocenters. The van der Waals surface area contributed by atoms with Crippen molar-refractivity contribution in [3.05, 3.63) is 0 Å². The molecular weight excluding hydrogens is 166 g/mol. The summed E-state index contributed by atoms with van der Waals surface area (Å²) >= 11 is 0. The Kier molecular flexibility index (Phi) is 2.84. The average Bonchev–Trinajstić information content (AvgIpc) is 1.99. The van der Waals surface area contributed by atoms with Crippen molar-refractivity contribution in [1.82, 2.24) is 4.90 Å². The van der Waals surface area contributed by atoms with Crippen molar-refractivity contribution in [2.75, 3.05) is 20.2 Å². The van der Waals surface area contributed by atoms with E-state index in [4.69, 9.17) is 4.74 Å². The van der Waals surface area contributed by atoms with Crippen molar-refractivity contribution in [2.24, 2.45) is 11.3 Å². The van der Waals surface area contributed by atoms with E-state index < -0.39 is 0 Å². The smallest absolute Gasteiger partial charge is 0.409 e. The second kappa shape index (κ2) is 3.56. The minimum Gasteiger partial charge on any atom is -0.453 e. The Bertz CT molecular complexity index is 201. The zero-order valence-electron chi connectivity index (χ0n) is 8.96. The van der Waals surface area contributed by atoms with Crippen molar-refractivity contribution in [2.45, 2.75) is 27.2 Å². The topological polar surface area (TPSA) is 29.5 Å². The van der Waals surface area contributed by atoms with Gasteiger partial charge in [0.25, 0.3) is 0 Å². The summed E-state index contributed by atoms with van der Waals surface area (Å²) in [6, 6.07) is 0. The molecule has 0 radical (unpaired) electrons. The summed E-state index contributed by atoms with van der Waals surface area (Å²) in [5, 5.41) is 0. The molecule has 0 saturated carbocycles. The molecule has 0 aromatic carbocycles. The van der Waals surface area contributed by atoms with Crippen LogP contribution in [0.5, 0.6) is 0 Å². The van der Waals surface area contributed by atoms with Crippen LogP contribution in [0.3, 0.4) is 0 Å². The van der Waals surface area contributed by atoms with Crippen LogP contribution in [-0.4, -0.2) is 31.2 Å². The lowest BCUT2D eigenvalue weighted by molar-refractivity contribution is 0.0606. The van der Waals surface area contributed by atoms with Crippen LogP contribution in [0, 0.1) is 11.3 Å². The number of carbonyl (C=O) groups is 1. The maximum Gasteiger partial charge on any atom is 0.409 e. The summed E-state index contributed by atoms with van der Waals surface area (Å²) in [6.45, 7) is 8.20.